The van der Waals surface area contributed by atoms with E-state index >= 15 is 0 Å². The molecule has 0 aliphatic carbocycles. The van der Waals surface area contributed by atoms with Crippen LogP contribution in [0.15, 0.2) is 35.5 Å². The van der Waals surface area contributed by atoms with Crippen LogP contribution in [0, 0.1) is 0 Å². The fourth-order valence-corrected chi connectivity index (χ4v) is 1.66. The van der Waals surface area contributed by atoms with E-state index in [0.717, 1.165) is 17.6 Å². The highest BCUT2D eigenvalue weighted by molar-refractivity contribution is 7.40. The molecular formula is C10H9N2P. The predicted octanol–water partition coefficient (Wildman–Crippen LogP) is 2.26. The van der Waals surface area contributed by atoms with Crippen LogP contribution in [-0.2, 0) is 0 Å². The van der Waals surface area contributed by atoms with Gasteiger partial charge in [0, 0.05) is 18.6 Å². The van der Waals surface area contributed by atoms with Gasteiger partial charge in [-0.25, -0.2) is 0 Å². The number of aromatic nitrogens is 1. The van der Waals surface area contributed by atoms with Crippen LogP contribution in [0.4, 0.5) is 0 Å². The number of aliphatic imine (C=N–C) groups is 1. The van der Waals surface area contributed by atoms with E-state index < -0.39 is 0 Å². The van der Waals surface area contributed by atoms with Crippen LogP contribution in [0.25, 0.3) is 5.70 Å². The van der Waals surface area contributed by atoms with Crippen molar-refractivity contribution >= 4 is 25.9 Å². The minimum Gasteiger partial charge on any atom is -0.255 e. The summed E-state index contributed by atoms with van der Waals surface area (Å²) in [6.45, 7) is 0. The highest BCUT2D eigenvalue weighted by Gasteiger charge is 1.99. The van der Waals surface area contributed by atoms with Crippen molar-refractivity contribution in [2.75, 3.05) is 6.16 Å². The van der Waals surface area contributed by atoms with E-state index in [-0.39, 0.29) is 0 Å². The van der Waals surface area contributed by atoms with Crippen molar-refractivity contribution in [1.82, 2.24) is 4.98 Å². The first kappa shape index (κ1) is 8.33. The van der Waals surface area contributed by atoms with E-state index in [0.29, 0.717) is 0 Å². The Kier molecular flexibility index (Phi) is 2.63. The summed E-state index contributed by atoms with van der Waals surface area (Å²) in [5.74, 6) is 2.05. The standard InChI is InChI=1S/C10H9N2P/c1-2-5-11-9(3-1)10-4-7-13-8-6-12-10/h1-6,8H,7H2. The molecule has 1 aromatic heterocycles. The van der Waals surface area contributed by atoms with Crippen LogP contribution < -0.4 is 0 Å². The Labute approximate surface area is 78.8 Å². The Hall–Kier alpha value is -1.27. The fourth-order valence-electron chi connectivity index (χ4n) is 1.10. The third-order valence-corrected chi connectivity index (χ3v) is 2.44. The van der Waals surface area contributed by atoms with E-state index in [4.69, 9.17) is 0 Å². The molecule has 0 radical (unpaired) electrons. The molecule has 0 saturated carbocycles. The van der Waals surface area contributed by atoms with Crippen molar-refractivity contribution in [3.8, 4) is 0 Å². The summed E-state index contributed by atoms with van der Waals surface area (Å²) in [5, 5.41) is 0. The van der Waals surface area contributed by atoms with Crippen LogP contribution in [0.1, 0.15) is 5.69 Å². The zero-order valence-corrected chi connectivity index (χ0v) is 7.98. The first-order chi connectivity index (χ1) is 6.47. The van der Waals surface area contributed by atoms with Crippen LogP contribution >= 0.6 is 8.20 Å². The lowest BCUT2D eigenvalue weighted by Crippen LogP contribution is -1.85. The van der Waals surface area contributed by atoms with Crippen molar-refractivity contribution in [2.45, 2.75) is 0 Å². The van der Waals surface area contributed by atoms with Crippen LogP contribution in [-0.4, -0.2) is 23.2 Å². The van der Waals surface area contributed by atoms with Gasteiger partial charge in [0.05, 0.1) is 11.4 Å². The Bertz CT molecular complexity index is 366. The molecule has 0 fully saturated rings. The zero-order valence-electron chi connectivity index (χ0n) is 7.09. The molecule has 0 atom stereocenters. The molecule has 2 heterocycles. The quantitative estimate of drug-likeness (QED) is 0.620. The van der Waals surface area contributed by atoms with Crippen LogP contribution in [0.5, 0.6) is 0 Å². The summed E-state index contributed by atoms with van der Waals surface area (Å²) in [7, 11) is 1.29. The zero-order chi connectivity index (χ0) is 8.93. The molecule has 0 unspecified atom stereocenters. The number of allylic oxidation sites excluding steroid dienone is 1. The number of pyridine rings is 1. The topological polar surface area (TPSA) is 25.2 Å². The third kappa shape index (κ3) is 2.10. The van der Waals surface area contributed by atoms with Gasteiger partial charge in [0.1, 0.15) is 0 Å². The molecule has 3 heteroatoms. The molecule has 2 rings (SSSR count). The van der Waals surface area contributed by atoms with Gasteiger partial charge in [-0.05, 0) is 24.0 Å². The molecule has 0 amide bonds. The van der Waals surface area contributed by atoms with Crippen molar-refractivity contribution in [1.29, 1.82) is 0 Å². The van der Waals surface area contributed by atoms with Crippen LogP contribution in [0.3, 0.4) is 0 Å². The predicted molar refractivity (Wildman–Crippen MR) is 58.6 cm³/mol. The van der Waals surface area contributed by atoms with Crippen molar-refractivity contribution in [3.63, 3.8) is 0 Å². The minimum atomic E-state index is 0.948. The van der Waals surface area contributed by atoms with Gasteiger partial charge in [0.25, 0.3) is 0 Å². The van der Waals surface area contributed by atoms with E-state index in [2.05, 4.69) is 16.1 Å². The van der Waals surface area contributed by atoms with Gasteiger partial charge in [-0.3, -0.25) is 9.98 Å². The van der Waals surface area contributed by atoms with Gasteiger partial charge in [0.15, 0.2) is 0 Å². The average molecular weight is 188 g/mol. The van der Waals surface area contributed by atoms with Gasteiger partial charge in [-0.2, -0.15) is 0 Å². The lowest BCUT2D eigenvalue weighted by Gasteiger charge is -1.97. The molecule has 0 bridgehead atoms. The maximum atomic E-state index is 4.30. The molecule has 0 N–H and O–H groups in total. The van der Waals surface area contributed by atoms with Crippen molar-refractivity contribution < 1.29 is 0 Å². The summed E-state index contributed by atoms with van der Waals surface area (Å²) in [6.07, 6.45) is 6.77. The molecule has 1 aliphatic heterocycles. The Morgan fingerprint density at radius 3 is 3.15 bits per heavy atom. The Morgan fingerprint density at radius 2 is 2.31 bits per heavy atom. The molecular weight excluding hydrogens is 179 g/mol. The molecule has 1 aromatic rings. The SMILES string of the molecule is C1=NC(c2ccccn2)=CCP=C1. The van der Waals surface area contributed by atoms with Gasteiger partial charge in [0.2, 0.25) is 0 Å². The second-order valence-electron chi connectivity index (χ2n) is 2.60. The Morgan fingerprint density at radius 1 is 1.31 bits per heavy atom. The van der Waals surface area contributed by atoms with Crippen molar-refractivity contribution in [3.05, 3.63) is 36.2 Å². The number of nitrogens with zero attached hydrogens (tertiary/aromatic N) is 2. The fraction of sp³-hybridized carbons (Fsp3) is 0.100. The molecule has 0 aromatic carbocycles. The van der Waals surface area contributed by atoms with E-state index in [1.807, 2.05) is 30.2 Å². The summed E-state index contributed by atoms with van der Waals surface area (Å²) >= 11 is 0. The maximum absolute atomic E-state index is 4.30. The van der Waals surface area contributed by atoms with Gasteiger partial charge in [-0.15, -0.1) is 0 Å². The Balaban J connectivity index is 2.32. The average Bonchev–Trinajstić information content (AvgIpc) is 2.47. The van der Waals surface area contributed by atoms with E-state index in [9.17, 15) is 0 Å². The van der Waals surface area contributed by atoms with Gasteiger partial charge < -0.3 is 0 Å². The van der Waals surface area contributed by atoms with Crippen LogP contribution in [0.2, 0.25) is 0 Å². The molecule has 13 heavy (non-hydrogen) atoms. The summed E-state index contributed by atoms with van der Waals surface area (Å²) in [5.41, 5.74) is 1.92. The number of rotatable bonds is 1. The second kappa shape index (κ2) is 4.11. The molecule has 1 aliphatic rings. The lowest BCUT2D eigenvalue weighted by atomic mass is 10.3. The minimum absolute atomic E-state index is 0.948. The number of hydrogen-bond acceptors (Lipinski definition) is 2. The highest BCUT2D eigenvalue weighted by Crippen LogP contribution is 2.14. The smallest absolute Gasteiger partial charge is 0.0883 e. The van der Waals surface area contributed by atoms with Crippen molar-refractivity contribution in [2.24, 2.45) is 4.99 Å². The molecule has 2 nitrogen and oxygen atoms in total. The van der Waals surface area contributed by atoms with E-state index in [1.54, 1.807) is 6.20 Å². The van der Waals surface area contributed by atoms with E-state index in [1.165, 1.54) is 8.20 Å². The third-order valence-electron chi connectivity index (χ3n) is 1.70. The number of hydrogen-bond donors (Lipinski definition) is 0. The van der Waals surface area contributed by atoms with Gasteiger partial charge in [-0.1, -0.05) is 14.3 Å². The first-order valence-electron chi connectivity index (χ1n) is 4.11. The highest BCUT2D eigenvalue weighted by atomic mass is 31.1. The first-order valence-corrected chi connectivity index (χ1v) is 5.26. The molecule has 0 saturated heterocycles. The second-order valence-corrected chi connectivity index (χ2v) is 3.63. The maximum Gasteiger partial charge on any atom is 0.0883 e. The monoisotopic (exact) mass is 188 g/mol. The molecule has 64 valence electrons. The molecule has 0 spiro atoms. The largest absolute Gasteiger partial charge is 0.255 e. The summed E-state index contributed by atoms with van der Waals surface area (Å²) < 4.78 is 0. The summed E-state index contributed by atoms with van der Waals surface area (Å²) in [4.78, 5) is 8.55. The summed E-state index contributed by atoms with van der Waals surface area (Å²) in [6, 6.07) is 5.87. The normalized spacial score (nSPS) is 16.5. The van der Waals surface area contributed by atoms with Gasteiger partial charge >= 0.3 is 0 Å². The lowest BCUT2D eigenvalue weighted by molar-refractivity contribution is 1.25.